The van der Waals surface area contributed by atoms with Gasteiger partial charge in [0.1, 0.15) is 11.4 Å². The number of nitrogens with zero attached hydrogens (tertiary/aromatic N) is 2. The van der Waals surface area contributed by atoms with Crippen LogP contribution in [0.1, 0.15) is 45.9 Å². The third kappa shape index (κ3) is 4.57. The summed E-state index contributed by atoms with van der Waals surface area (Å²) in [6, 6.07) is -0.229. The van der Waals surface area contributed by atoms with Crippen LogP contribution in [0.2, 0.25) is 0 Å². The van der Waals surface area contributed by atoms with Crippen molar-refractivity contribution in [1.82, 2.24) is 15.3 Å². The fraction of sp³-hybridized carbons (Fsp3) is 0.583. The van der Waals surface area contributed by atoms with Crippen molar-refractivity contribution < 1.29 is 9.53 Å². The number of nitrogen functional groups attached to an aromatic ring is 1. The third-order valence-corrected chi connectivity index (χ3v) is 2.15. The molecular weight excluding hydrogens is 232 g/mol. The molecular formula is C12H20N4O2. The predicted octanol–water partition coefficient (Wildman–Crippen LogP) is 2.03. The molecule has 1 aromatic heterocycles. The standard InChI is InChI=1S/C12H20N4O2/c1-5-8(9-6-15-10(13)7-14-9)16-11(17)18-12(2,3)4/h6-8H,5H2,1-4H3,(H2,13,15)(H,16,17)/t8-/m1/s1. The van der Waals surface area contributed by atoms with Crippen LogP contribution in [0, 0.1) is 0 Å². The Morgan fingerprint density at radius 1 is 1.44 bits per heavy atom. The summed E-state index contributed by atoms with van der Waals surface area (Å²) < 4.78 is 5.19. The first-order chi connectivity index (χ1) is 8.31. The summed E-state index contributed by atoms with van der Waals surface area (Å²) in [5, 5.41) is 2.75. The fourth-order valence-corrected chi connectivity index (χ4v) is 1.36. The van der Waals surface area contributed by atoms with Crippen LogP contribution in [-0.4, -0.2) is 21.7 Å². The van der Waals surface area contributed by atoms with Gasteiger partial charge < -0.3 is 15.8 Å². The van der Waals surface area contributed by atoms with E-state index in [0.29, 0.717) is 17.9 Å². The van der Waals surface area contributed by atoms with Crippen LogP contribution in [0.25, 0.3) is 0 Å². The Bertz CT molecular complexity index is 398. The quantitative estimate of drug-likeness (QED) is 0.859. The van der Waals surface area contributed by atoms with Crippen LogP contribution >= 0.6 is 0 Å². The fourth-order valence-electron chi connectivity index (χ4n) is 1.36. The first kappa shape index (κ1) is 14.2. The highest BCUT2D eigenvalue weighted by Gasteiger charge is 2.20. The molecule has 6 nitrogen and oxygen atoms in total. The highest BCUT2D eigenvalue weighted by molar-refractivity contribution is 5.68. The van der Waals surface area contributed by atoms with Gasteiger partial charge in [-0.15, -0.1) is 0 Å². The normalized spacial score (nSPS) is 12.9. The van der Waals surface area contributed by atoms with Gasteiger partial charge in [0.2, 0.25) is 0 Å². The molecule has 100 valence electrons. The number of amides is 1. The van der Waals surface area contributed by atoms with E-state index in [4.69, 9.17) is 10.5 Å². The Kier molecular flexibility index (Phi) is 4.47. The molecule has 1 aromatic rings. The Morgan fingerprint density at radius 2 is 2.11 bits per heavy atom. The summed E-state index contributed by atoms with van der Waals surface area (Å²) in [6.45, 7) is 7.39. The van der Waals surface area contributed by atoms with Crippen LogP contribution in [0.5, 0.6) is 0 Å². The number of ether oxygens (including phenoxy) is 1. The monoisotopic (exact) mass is 252 g/mol. The average Bonchev–Trinajstić information content (AvgIpc) is 2.25. The number of nitrogens with two attached hydrogens (primary N) is 1. The summed E-state index contributed by atoms with van der Waals surface area (Å²) in [5.74, 6) is 0.353. The molecule has 1 heterocycles. The molecule has 0 aromatic carbocycles. The van der Waals surface area contributed by atoms with Crippen molar-refractivity contribution in [3.05, 3.63) is 18.1 Å². The summed E-state index contributed by atoms with van der Waals surface area (Å²) in [7, 11) is 0. The molecule has 0 saturated heterocycles. The number of hydrogen-bond donors (Lipinski definition) is 2. The summed E-state index contributed by atoms with van der Waals surface area (Å²) in [4.78, 5) is 19.8. The first-order valence-electron chi connectivity index (χ1n) is 5.88. The molecule has 18 heavy (non-hydrogen) atoms. The Balaban J connectivity index is 2.68. The van der Waals surface area contributed by atoms with Gasteiger partial charge in [0, 0.05) is 0 Å². The number of aromatic nitrogens is 2. The average molecular weight is 252 g/mol. The minimum atomic E-state index is -0.519. The molecule has 0 unspecified atom stereocenters. The lowest BCUT2D eigenvalue weighted by molar-refractivity contribution is 0.0501. The number of carbonyl (C=O) groups excluding carboxylic acids is 1. The maximum absolute atomic E-state index is 11.7. The first-order valence-corrected chi connectivity index (χ1v) is 5.88. The zero-order valence-corrected chi connectivity index (χ0v) is 11.2. The Labute approximate surface area is 107 Å². The zero-order valence-electron chi connectivity index (χ0n) is 11.2. The topological polar surface area (TPSA) is 90.1 Å². The number of rotatable bonds is 3. The Hall–Kier alpha value is -1.85. The van der Waals surface area contributed by atoms with Crippen molar-refractivity contribution in [2.75, 3.05) is 5.73 Å². The van der Waals surface area contributed by atoms with Crippen LogP contribution in [0.4, 0.5) is 10.6 Å². The highest BCUT2D eigenvalue weighted by Crippen LogP contribution is 2.15. The SMILES string of the molecule is CC[C@@H](NC(=O)OC(C)(C)C)c1cnc(N)cn1. The second-order valence-electron chi connectivity index (χ2n) is 4.97. The van der Waals surface area contributed by atoms with E-state index in [9.17, 15) is 4.79 Å². The summed E-state index contributed by atoms with van der Waals surface area (Å²) in [5.41, 5.74) is 5.61. The van der Waals surface area contributed by atoms with E-state index in [-0.39, 0.29) is 6.04 Å². The smallest absolute Gasteiger partial charge is 0.408 e. The number of alkyl carbamates (subject to hydrolysis) is 1. The zero-order chi connectivity index (χ0) is 13.8. The van der Waals surface area contributed by atoms with Gasteiger partial charge in [-0.3, -0.25) is 4.98 Å². The minimum absolute atomic E-state index is 0.229. The van der Waals surface area contributed by atoms with Crippen molar-refractivity contribution in [1.29, 1.82) is 0 Å². The van der Waals surface area contributed by atoms with Crippen LogP contribution in [0.3, 0.4) is 0 Å². The van der Waals surface area contributed by atoms with Gasteiger partial charge in [-0.2, -0.15) is 0 Å². The molecule has 0 radical (unpaired) electrons. The highest BCUT2D eigenvalue weighted by atomic mass is 16.6. The lowest BCUT2D eigenvalue weighted by atomic mass is 10.1. The van der Waals surface area contributed by atoms with E-state index < -0.39 is 11.7 Å². The second-order valence-corrected chi connectivity index (χ2v) is 4.97. The van der Waals surface area contributed by atoms with Gasteiger partial charge in [0.05, 0.1) is 24.1 Å². The molecule has 0 aliphatic carbocycles. The van der Waals surface area contributed by atoms with Crippen LogP contribution in [0.15, 0.2) is 12.4 Å². The predicted molar refractivity (Wildman–Crippen MR) is 68.8 cm³/mol. The van der Waals surface area contributed by atoms with Crippen molar-refractivity contribution in [3.8, 4) is 0 Å². The van der Waals surface area contributed by atoms with Gasteiger partial charge in [0.25, 0.3) is 0 Å². The van der Waals surface area contributed by atoms with Crippen molar-refractivity contribution in [2.24, 2.45) is 0 Å². The molecule has 0 aliphatic rings. The molecule has 1 rings (SSSR count). The van der Waals surface area contributed by atoms with Gasteiger partial charge >= 0.3 is 6.09 Å². The molecule has 3 N–H and O–H groups in total. The molecule has 0 saturated carbocycles. The lowest BCUT2D eigenvalue weighted by Gasteiger charge is -2.22. The molecule has 0 fully saturated rings. The Morgan fingerprint density at radius 3 is 2.56 bits per heavy atom. The number of nitrogens with one attached hydrogen (secondary N) is 1. The van der Waals surface area contributed by atoms with Crippen molar-refractivity contribution in [2.45, 2.75) is 45.8 Å². The molecule has 0 aliphatic heterocycles. The van der Waals surface area contributed by atoms with Gasteiger partial charge in [-0.1, -0.05) is 6.92 Å². The lowest BCUT2D eigenvalue weighted by Crippen LogP contribution is -2.35. The number of anilines is 1. The van der Waals surface area contributed by atoms with E-state index in [2.05, 4.69) is 15.3 Å². The van der Waals surface area contributed by atoms with Crippen molar-refractivity contribution >= 4 is 11.9 Å². The molecule has 0 bridgehead atoms. The molecule has 1 amide bonds. The van der Waals surface area contributed by atoms with E-state index in [0.717, 1.165) is 0 Å². The van der Waals surface area contributed by atoms with E-state index >= 15 is 0 Å². The molecule has 6 heteroatoms. The van der Waals surface area contributed by atoms with Crippen LogP contribution < -0.4 is 11.1 Å². The van der Waals surface area contributed by atoms with E-state index in [1.807, 2.05) is 27.7 Å². The van der Waals surface area contributed by atoms with Crippen molar-refractivity contribution in [3.63, 3.8) is 0 Å². The number of hydrogen-bond acceptors (Lipinski definition) is 5. The van der Waals surface area contributed by atoms with Gasteiger partial charge in [0.15, 0.2) is 0 Å². The summed E-state index contributed by atoms with van der Waals surface area (Å²) >= 11 is 0. The second kappa shape index (κ2) is 5.66. The molecule has 0 spiro atoms. The molecule has 1 atom stereocenters. The largest absolute Gasteiger partial charge is 0.444 e. The number of carbonyl (C=O) groups is 1. The van der Waals surface area contributed by atoms with Crippen LogP contribution in [-0.2, 0) is 4.74 Å². The van der Waals surface area contributed by atoms with E-state index in [1.165, 1.54) is 6.20 Å². The maximum Gasteiger partial charge on any atom is 0.408 e. The van der Waals surface area contributed by atoms with Gasteiger partial charge in [-0.25, -0.2) is 9.78 Å². The minimum Gasteiger partial charge on any atom is -0.444 e. The third-order valence-electron chi connectivity index (χ3n) is 2.15. The maximum atomic E-state index is 11.7. The summed E-state index contributed by atoms with van der Waals surface area (Å²) in [6.07, 6.45) is 3.25. The van der Waals surface area contributed by atoms with Gasteiger partial charge in [-0.05, 0) is 27.2 Å². The van der Waals surface area contributed by atoms with E-state index in [1.54, 1.807) is 6.20 Å².